The SMILES string of the molecule is OC1(c2cccnc2)CCC(N2CCN(c3ccccn3)CC2)CC1. The molecule has 3 heterocycles. The lowest BCUT2D eigenvalue weighted by molar-refractivity contribution is -0.0260. The van der Waals surface area contributed by atoms with E-state index in [-0.39, 0.29) is 0 Å². The van der Waals surface area contributed by atoms with Crippen LogP contribution in [-0.2, 0) is 5.60 Å². The van der Waals surface area contributed by atoms with Crippen LogP contribution in [0.15, 0.2) is 48.9 Å². The van der Waals surface area contributed by atoms with Gasteiger partial charge in [0.05, 0.1) is 5.60 Å². The zero-order chi connectivity index (χ0) is 17.1. The molecule has 2 fully saturated rings. The van der Waals surface area contributed by atoms with Crippen molar-refractivity contribution in [1.29, 1.82) is 0 Å². The van der Waals surface area contributed by atoms with E-state index in [2.05, 4.69) is 31.9 Å². The minimum Gasteiger partial charge on any atom is -0.385 e. The highest BCUT2D eigenvalue weighted by Gasteiger charge is 2.37. The molecule has 1 aliphatic carbocycles. The second-order valence-corrected chi connectivity index (χ2v) is 7.22. The van der Waals surface area contributed by atoms with Crippen LogP contribution in [0.25, 0.3) is 0 Å². The summed E-state index contributed by atoms with van der Waals surface area (Å²) < 4.78 is 0. The average molecular weight is 338 g/mol. The highest BCUT2D eigenvalue weighted by Crippen LogP contribution is 2.38. The van der Waals surface area contributed by atoms with Crippen LogP contribution in [0.3, 0.4) is 0 Å². The van der Waals surface area contributed by atoms with Crippen molar-refractivity contribution >= 4 is 5.82 Å². The zero-order valence-electron chi connectivity index (χ0n) is 14.6. The van der Waals surface area contributed by atoms with Crippen molar-refractivity contribution in [2.75, 3.05) is 31.1 Å². The van der Waals surface area contributed by atoms with Crippen molar-refractivity contribution in [2.45, 2.75) is 37.3 Å². The highest BCUT2D eigenvalue weighted by atomic mass is 16.3. The smallest absolute Gasteiger partial charge is 0.128 e. The summed E-state index contributed by atoms with van der Waals surface area (Å²) >= 11 is 0. The standard InChI is InChI=1S/C20H26N4O/c25-20(17-4-3-10-21-16-17)8-6-18(7-9-20)23-12-14-24(15-13-23)19-5-1-2-11-22-19/h1-5,10-11,16,18,25H,6-9,12-15H2. The van der Waals surface area contributed by atoms with Crippen molar-refractivity contribution in [3.8, 4) is 0 Å². The Bertz CT molecular complexity index is 663. The molecule has 0 radical (unpaired) electrons. The lowest BCUT2D eigenvalue weighted by Crippen LogP contribution is -2.52. The molecule has 0 bridgehead atoms. The number of hydrogen-bond acceptors (Lipinski definition) is 5. The molecule has 5 heteroatoms. The summed E-state index contributed by atoms with van der Waals surface area (Å²) in [5.74, 6) is 1.08. The third-order valence-electron chi connectivity index (χ3n) is 5.79. The zero-order valence-corrected chi connectivity index (χ0v) is 14.6. The molecule has 2 aliphatic rings. The Morgan fingerprint density at radius 1 is 0.960 bits per heavy atom. The first-order valence-corrected chi connectivity index (χ1v) is 9.27. The van der Waals surface area contributed by atoms with E-state index >= 15 is 0 Å². The molecule has 0 unspecified atom stereocenters. The third-order valence-corrected chi connectivity index (χ3v) is 5.79. The Hall–Kier alpha value is -1.98. The lowest BCUT2D eigenvalue weighted by atomic mass is 9.77. The molecule has 132 valence electrons. The topological polar surface area (TPSA) is 52.5 Å². The van der Waals surface area contributed by atoms with Crippen molar-refractivity contribution in [2.24, 2.45) is 0 Å². The number of anilines is 1. The largest absolute Gasteiger partial charge is 0.385 e. The number of piperazine rings is 1. The highest BCUT2D eigenvalue weighted by molar-refractivity contribution is 5.38. The monoisotopic (exact) mass is 338 g/mol. The lowest BCUT2D eigenvalue weighted by Gasteiger charge is -2.44. The fraction of sp³-hybridized carbons (Fsp3) is 0.500. The van der Waals surface area contributed by atoms with Gasteiger partial charge in [0.25, 0.3) is 0 Å². The second kappa shape index (κ2) is 7.10. The van der Waals surface area contributed by atoms with Crippen molar-refractivity contribution in [1.82, 2.24) is 14.9 Å². The minimum atomic E-state index is -0.694. The van der Waals surface area contributed by atoms with E-state index in [4.69, 9.17) is 0 Å². The Morgan fingerprint density at radius 2 is 1.76 bits per heavy atom. The summed E-state index contributed by atoms with van der Waals surface area (Å²) in [5.41, 5.74) is 0.272. The van der Waals surface area contributed by atoms with Gasteiger partial charge in [-0.05, 0) is 43.9 Å². The summed E-state index contributed by atoms with van der Waals surface area (Å²) in [6, 6.07) is 10.6. The van der Waals surface area contributed by atoms with E-state index in [1.165, 1.54) is 0 Å². The average Bonchev–Trinajstić information content (AvgIpc) is 2.70. The first kappa shape index (κ1) is 16.5. The van der Waals surface area contributed by atoms with Gasteiger partial charge in [-0.3, -0.25) is 9.88 Å². The maximum atomic E-state index is 11.0. The van der Waals surface area contributed by atoms with Gasteiger partial charge in [0.15, 0.2) is 0 Å². The van der Waals surface area contributed by atoms with Crippen LogP contribution in [0, 0.1) is 0 Å². The quantitative estimate of drug-likeness (QED) is 0.931. The molecular formula is C20H26N4O. The molecule has 2 aromatic rings. The van der Waals surface area contributed by atoms with Crippen molar-refractivity contribution in [3.63, 3.8) is 0 Å². The maximum Gasteiger partial charge on any atom is 0.128 e. The molecule has 1 N–H and O–H groups in total. The number of aliphatic hydroxyl groups is 1. The van der Waals surface area contributed by atoms with Crippen LogP contribution < -0.4 is 4.90 Å². The van der Waals surface area contributed by atoms with E-state index < -0.39 is 5.60 Å². The third kappa shape index (κ3) is 3.53. The van der Waals surface area contributed by atoms with Crippen LogP contribution >= 0.6 is 0 Å². The molecule has 4 rings (SSSR count). The molecule has 5 nitrogen and oxygen atoms in total. The van der Waals surface area contributed by atoms with Crippen LogP contribution in [-0.4, -0.2) is 52.2 Å². The van der Waals surface area contributed by atoms with Crippen LogP contribution in [0.5, 0.6) is 0 Å². The summed E-state index contributed by atoms with van der Waals surface area (Å²) in [6.07, 6.45) is 9.19. The van der Waals surface area contributed by atoms with Crippen LogP contribution in [0.2, 0.25) is 0 Å². The van der Waals surface area contributed by atoms with Gasteiger partial charge in [-0.25, -0.2) is 4.98 Å². The molecule has 0 amide bonds. The van der Waals surface area contributed by atoms with Gasteiger partial charge in [-0.1, -0.05) is 12.1 Å². The van der Waals surface area contributed by atoms with E-state index in [1.807, 2.05) is 30.6 Å². The molecule has 25 heavy (non-hydrogen) atoms. The fourth-order valence-corrected chi connectivity index (χ4v) is 4.23. The summed E-state index contributed by atoms with van der Waals surface area (Å²) in [5, 5.41) is 11.0. The molecule has 1 aliphatic heterocycles. The van der Waals surface area contributed by atoms with Gasteiger partial charge in [-0.2, -0.15) is 0 Å². The Labute approximate surface area is 149 Å². The van der Waals surface area contributed by atoms with Gasteiger partial charge in [0, 0.05) is 56.4 Å². The summed E-state index contributed by atoms with van der Waals surface area (Å²) in [4.78, 5) is 13.6. The maximum absolute atomic E-state index is 11.0. The van der Waals surface area contributed by atoms with E-state index in [9.17, 15) is 5.11 Å². The first-order chi connectivity index (χ1) is 12.2. The van der Waals surface area contributed by atoms with E-state index in [0.717, 1.165) is 63.2 Å². The van der Waals surface area contributed by atoms with Crippen LogP contribution in [0.4, 0.5) is 5.82 Å². The first-order valence-electron chi connectivity index (χ1n) is 9.27. The molecule has 2 aromatic heterocycles. The Kier molecular flexibility index (Phi) is 4.68. The van der Waals surface area contributed by atoms with E-state index in [1.54, 1.807) is 6.20 Å². The number of rotatable bonds is 3. The van der Waals surface area contributed by atoms with Gasteiger partial charge >= 0.3 is 0 Å². The van der Waals surface area contributed by atoms with Gasteiger partial charge in [-0.15, -0.1) is 0 Å². The number of pyridine rings is 2. The van der Waals surface area contributed by atoms with Crippen LogP contribution in [0.1, 0.15) is 31.2 Å². The number of nitrogens with zero attached hydrogens (tertiary/aromatic N) is 4. The Balaban J connectivity index is 1.32. The molecule has 0 atom stereocenters. The summed E-state index contributed by atoms with van der Waals surface area (Å²) in [7, 11) is 0. The number of hydrogen-bond donors (Lipinski definition) is 1. The number of aromatic nitrogens is 2. The predicted octanol–water partition coefficient (Wildman–Crippen LogP) is 2.43. The molecule has 0 spiro atoms. The fourth-order valence-electron chi connectivity index (χ4n) is 4.23. The molecular weight excluding hydrogens is 312 g/mol. The van der Waals surface area contributed by atoms with Gasteiger partial charge in [0.1, 0.15) is 5.82 Å². The van der Waals surface area contributed by atoms with E-state index in [0.29, 0.717) is 6.04 Å². The van der Waals surface area contributed by atoms with Gasteiger partial charge < -0.3 is 10.0 Å². The molecule has 0 aromatic carbocycles. The van der Waals surface area contributed by atoms with Crippen molar-refractivity contribution < 1.29 is 5.11 Å². The molecule has 1 saturated heterocycles. The Morgan fingerprint density at radius 3 is 2.40 bits per heavy atom. The second-order valence-electron chi connectivity index (χ2n) is 7.22. The normalized spacial score (nSPS) is 28.0. The predicted molar refractivity (Wildman–Crippen MR) is 98.4 cm³/mol. The van der Waals surface area contributed by atoms with Crippen molar-refractivity contribution in [3.05, 3.63) is 54.5 Å². The summed E-state index contributed by atoms with van der Waals surface area (Å²) in [6.45, 7) is 4.21. The minimum absolute atomic E-state index is 0.586. The van der Waals surface area contributed by atoms with Gasteiger partial charge in [0.2, 0.25) is 0 Å². The molecule has 1 saturated carbocycles.